The molecule has 0 bridgehead atoms. The number of carbonyl (C=O) groups is 1. The van der Waals surface area contributed by atoms with Gasteiger partial charge in [0.2, 0.25) is 0 Å². The fourth-order valence-corrected chi connectivity index (χ4v) is 4.00. The third-order valence-corrected chi connectivity index (χ3v) is 5.63. The summed E-state index contributed by atoms with van der Waals surface area (Å²) in [5.74, 6) is -0.640. The first-order valence-corrected chi connectivity index (χ1v) is 10.7. The summed E-state index contributed by atoms with van der Waals surface area (Å²) in [4.78, 5) is 19.6. The van der Waals surface area contributed by atoms with Crippen molar-refractivity contribution in [1.82, 2.24) is 0 Å². The predicted octanol–water partition coefficient (Wildman–Crippen LogP) is 6.92. The van der Waals surface area contributed by atoms with Crippen molar-refractivity contribution in [2.24, 2.45) is 4.99 Å². The molecular formula is C25H20ClF3N2O2. The maximum Gasteiger partial charge on any atom is 0.573 e. The number of alkyl halides is 3. The lowest BCUT2D eigenvalue weighted by atomic mass is 10.0. The van der Waals surface area contributed by atoms with E-state index in [1.165, 1.54) is 18.2 Å². The molecule has 170 valence electrons. The molecule has 0 spiro atoms. The maximum atomic E-state index is 13.4. The van der Waals surface area contributed by atoms with Crippen LogP contribution < -0.4 is 9.64 Å². The van der Waals surface area contributed by atoms with Crippen LogP contribution in [0.15, 0.2) is 83.9 Å². The highest BCUT2D eigenvalue weighted by Crippen LogP contribution is 2.38. The fraction of sp³-hybridized carbons (Fsp3) is 0.200. The maximum absolute atomic E-state index is 13.4. The number of benzene rings is 3. The van der Waals surface area contributed by atoms with Crippen LogP contribution in [0.4, 0.5) is 18.9 Å². The molecule has 3 aromatic rings. The van der Waals surface area contributed by atoms with Crippen molar-refractivity contribution in [2.75, 3.05) is 4.90 Å². The van der Waals surface area contributed by atoms with Crippen molar-refractivity contribution in [2.45, 2.75) is 31.8 Å². The van der Waals surface area contributed by atoms with E-state index in [-0.39, 0.29) is 24.1 Å². The standard InChI is InChI=1S/C25H20ClF3N2O2/c1-16(17-6-3-2-4-7-17)30-22-15-23(18-8-5-9-21(14-18)33-25(27,28)29)31(24(22)32)20-12-10-19(26)11-13-20/h2-14,16,23H,15H2,1H3/t16-,23+/m1/s1. The summed E-state index contributed by atoms with van der Waals surface area (Å²) in [6.07, 6.45) is -4.56. The molecule has 0 aromatic heterocycles. The number of hydrogen-bond acceptors (Lipinski definition) is 3. The minimum Gasteiger partial charge on any atom is -0.406 e. The Bertz CT molecular complexity index is 1160. The zero-order chi connectivity index (χ0) is 23.6. The second-order valence-corrected chi connectivity index (χ2v) is 8.09. The van der Waals surface area contributed by atoms with Crippen molar-refractivity contribution < 1.29 is 22.7 Å². The first-order valence-electron chi connectivity index (χ1n) is 10.3. The van der Waals surface area contributed by atoms with E-state index >= 15 is 0 Å². The van der Waals surface area contributed by atoms with E-state index in [0.717, 1.165) is 5.56 Å². The summed E-state index contributed by atoms with van der Waals surface area (Å²) in [5.41, 5.74) is 2.40. The number of amides is 1. The van der Waals surface area contributed by atoms with Crippen molar-refractivity contribution in [3.05, 3.63) is 95.0 Å². The van der Waals surface area contributed by atoms with Crippen LogP contribution in [-0.2, 0) is 4.79 Å². The van der Waals surface area contributed by atoms with Gasteiger partial charge in [-0.15, -0.1) is 13.2 Å². The van der Waals surface area contributed by atoms with Crippen LogP contribution in [0.1, 0.15) is 36.6 Å². The smallest absolute Gasteiger partial charge is 0.406 e. The summed E-state index contributed by atoms with van der Waals surface area (Å²) in [7, 11) is 0. The Morgan fingerprint density at radius 1 is 1.03 bits per heavy atom. The highest BCUT2D eigenvalue weighted by Gasteiger charge is 2.39. The minimum atomic E-state index is -4.81. The van der Waals surface area contributed by atoms with Crippen molar-refractivity contribution >= 4 is 28.9 Å². The molecule has 1 heterocycles. The summed E-state index contributed by atoms with van der Waals surface area (Å²) in [6.45, 7) is 1.90. The average molecular weight is 473 g/mol. The lowest BCUT2D eigenvalue weighted by molar-refractivity contribution is -0.274. The number of halogens is 4. The molecule has 1 aliphatic rings. The summed E-state index contributed by atoms with van der Waals surface area (Å²) in [6, 6.07) is 21.2. The van der Waals surface area contributed by atoms with Gasteiger partial charge in [-0.25, -0.2) is 0 Å². The second-order valence-electron chi connectivity index (χ2n) is 7.65. The molecule has 1 saturated heterocycles. The molecule has 1 aliphatic heterocycles. The monoisotopic (exact) mass is 472 g/mol. The van der Waals surface area contributed by atoms with Gasteiger partial charge in [0.05, 0.1) is 12.1 Å². The Balaban J connectivity index is 1.72. The predicted molar refractivity (Wildman–Crippen MR) is 122 cm³/mol. The Morgan fingerprint density at radius 3 is 2.39 bits per heavy atom. The van der Waals surface area contributed by atoms with Crippen molar-refractivity contribution in [3.63, 3.8) is 0 Å². The summed E-state index contributed by atoms with van der Waals surface area (Å²) >= 11 is 6.01. The van der Waals surface area contributed by atoms with Gasteiger partial charge in [-0.3, -0.25) is 14.7 Å². The summed E-state index contributed by atoms with van der Waals surface area (Å²) in [5, 5.41) is 0.508. The molecule has 4 nitrogen and oxygen atoms in total. The lowest BCUT2D eigenvalue weighted by Gasteiger charge is -2.25. The molecular weight excluding hydrogens is 453 g/mol. The van der Waals surface area contributed by atoms with Gasteiger partial charge in [0, 0.05) is 17.1 Å². The number of anilines is 1. The van der Waals surface area contributed by atoms with Crippen LogP contribution in [0.25, 0.3) is 0 Å². The SMILES string of the molecule is C[C@@H](N=C1C[C@@H](c2cccc(OC(F)(F)F)c2)N(c2ccc(Cl)cc2)C1=O)c1ccccc1. The van der Waals surface area contributed by atoms with E-state index in [9.17, 15) is 18.0 Å². The largest absolute Gasteiger partial charge is 0.573 e. The Hall–Kier alpha value is -3.32. The van der Waals surface area contributed by atoms with Crippen molar-refractivity contribution in [1.29, 1.82) is 0 Å². The van der Waals surface area contributed by atoms with Crippen LogP contribution in [0.2, 0.25) is 5.02 Å². The van der Waals surface area contributed by atoms with Gasteiger partial charge < -0.3 is 4.74 Å². The van der Waals surface area contributed by atoms with Crippen LogP contribution in [0.5, 0.6) is 5.75 Å². The van der Waals surface area contributed by atoms with Gasteiger partial charge in [-0.2, -0.15) is 0 Å². The molecule has 0 aliphatic carbocycles. The quantitative estimate of drug-likeness (QED) is 0.404. The molecule has 0 unspecified atom stereocenters. The number of carbonyl (C=O) groups excluding carboxylic acids is 1. The minimum absolute atomic E-state index is 0.244. The average Bonchev–Trinajstić information content (AvgIpc) is 3.10. The van der Waals surface area contributed by atoms with Crippen LogP contribution in [-0.4, -0.2) is 18.0 Å². The molecule has 0 saturated carbocycles. The van der Waals surface area contributed by atoms with Gasteiger partial charge in [-0.05, 0) is 54.4 Å². The molecule has 3 aromatic carbocycles. The molecule has 33 heavy (non-hydrogen) atoms. The van der Waals surface area contributed by atoms with Gasteiger partial charge >= 0.3 is 6.36 Å². The summed E-state index contributed by atoms with van der Waals surface area (Å²) < 4.78 is 42.3. The first kappa shape index (κ1) is 22.9. The number of rotatable bonds is 5. The van der Waals surface area contributed by atoms with Gasteiger partial charge in [-0.1, -0.05) is 54.1 Å². The third-order valence-electron chi connectivity index (χ3n) is 5.38. The molecule has 1 amide bonds. The zero-order valence-electron chi connectivity index (χ0n) is 17.6. The van der Waals surface area contributed by atoms with E-state index in [0.29, 0.717) is 22.0 Å². The molecule has 2 atom stereocenters. The highest BCUT2D eigenvalue weighted by atomic mass is 35.5. The third kappa shape index (κ3) is 5.37. The number of aliphatic imine (C=N–C) groups is 1. The van der Waals surface area contributed by atoms with Gasteiger partial charge in [0.15, 0.2) is 0 Å². The molecule has 0 N–H and O–H groups in total. The van der Waals surface area contributed by atoms with E-state index in [2.05, 4.69) is 9.73 Å². The first-order chi connectivity index (χ1) is 15.7. The van der Waals surface area contributed by atoms with E-state index in [4.69, 9.17) is 11.6 Å². The van der Waals surface area contributed by atoms with Gasteiger partial charge in [0.25, 0.3) is 5.91 Å². The van der Waals surface area contributed by atoms with Crippen LogP contribution >= 0.6 is 11.6 Å². The molecule has 8 heteroatoms. The van der Waals surface area contributed by atoms with Crippen LogP contribution in [0, 0.1) is 0 Å². The van der Waals surface area contributed by atoms with Gasteiger partial charge in [0.1, 0.15) is 11.5 Å². The normalized spacial score (nSPS) is 18.6. The van der Waals surface area contributed by atoms with E-state index < -0.39 is 12.4 Å². The highest BCUT2D eigenvalue weighted by molar-refractivity contribution is 6.46. The zero-order valence-corrected chi connectivity index (χ0v) is 18.3. The molecule has 1 fully saturated rings. The Kier molecular flexibility index (Phi) is 6.42. The van der Waals surface area contributed by atoms with Crippen molar-refractivity contribution in [3.8, 4) is 5.75 Å². The lowest BCUT2D eigenvalue weighted by Crippen LogP contribution is -2.29. The molecule has 4 rings (SSSR count). The topological polar surface area (TPSA) is 41.9 Å². The molecule has 0 radical (unpaired) electrons. The van der Waals surface area contributed by atoms with E-state index in [1.54, 1.807) is 35.2 Å². The van der Waals surface area contributed by atoms with E-state index in [1.807, 2.05) is 37.3 Å². The number of ether oxygens (including phenoxy) is 1. The number of nitrogens with zero attached hydrogens (tertiary/aromatic N) is 2. The fourth-order valence-electron chi connectivity index (χ4n) is 3.87. The Morgan fingerprint density at radius 2 is 1.73 bits per heavy atom. The number of hydrogen-bond donors (Lipinski definition) is 0. The van der Waals surface area contributed by atoms with Crippen LogP contribution in [0.3, 0.4) is 0 Å². The Labute approximate surface area is 194 Å². The second kappa shape index (κ2) is 9.27.